The number of ether oxygens (including phenoxy) is 3. The van der Waals surface area contributed by atoms with Crippen LogP contribution in [0.15, 0.2) is 18.2 Å². The molecule has 4 rings (SSSR count). The first kappa shape index (κ1) is 17.4. The quantitative estimate of drug-likeness (QED) is 0.738. The molecule has 1 aliphatic heterocycles. The fraction of sp³-hybridized carbons (Fsp3) is 0.727. The molecule has 1 unspecified atom stereocenters. The maximum absolute atomic E-state index is 6.50. The molecule has 3 nitrogen and oxygen atoms in total. The van der Waals surface area contributed by atoms with Crippen molar-refractivity contribution in [3.63, 3.8) is 0 Å². The van der Waals surface area contributed by atoms with Crippen molar-refractivity contribution in [2.45, 2.75) is 77.3 Å². The summed E-state index contributed by atoms with van der Waals surface area (Å²) in [6.45, 7) is 11.4. The van der Waals surface area contributed by atoms with Crippen molar-refractivity contribution in [1.82, 2.24) is 0 Å². The molecule has 0 N–H and O–H groups in total. The fourth-order valence-electron chi connectivity index (χ4n) is 6.11. The third-order valence-corrected chi connectivity index (χ3v) is 7.53. The SMILES string of the molecule is COc1ccc2c(c1)CC[C@H]1[C@H](C)C3(O[C@H](C)[C@@H](C)O3)C(C)C[C@]21C. The maximum Gasteiger partial charge on any atom is 0.174 e. The zero-order chi connectivity index (χ0) is 18.0. The van der Waals surface area contributed by atoms with Crippen molar-refractivity contribution in [1.29, 1.82) is 0 Å². The van der Waals surface area contributed by atoms with Crippen LogP contribution in [0.5, 0.6) is 5.75 Å². The molecule has 1 aromatic carbocycles. The summed E-state index contributed by atoms with van der Waals surface area (Å²) in [4.78, 5) is 0. The first-order valence-corrected chi connectivity index (χ1v) is 9.85. The van der Waals surface area contributed by atoms with Crippen molar-refractivity contribution in [2.75, 3.05) is 7.11 Å². The van der Waals surface area contributed by atoms with E-state index in [9.17, 15) is 0 Å². The fourth-order valence-corrected chi connectivity index (χ4v) is 6.11. The Labute approximate surface area is 152 Å². The van der Waals surface area contributed by atoms with Gasteiger partial charge in [-0.05, 0) is 67.7 Å². The summed E-state index contributed by atoms with van der Waals surface area (Å²) < 4.78 is 18.5. The van der Waals surface area contributed by atoms with Crippen molar-refractivity contribution in [3.8, 4) is 5.75 Å². The number of rotatable bonds is 1. The lowest BCUT2D eigenvalue weighted by molar-refractivity contribution is -0.274. The number of benzene rings is 1. The van der Waals surface area contributed by atoms with Crippen LogP contribution in [-0.2, 0) is 21.3 Å². The van der Waals surface area contributed by atoms with Gasteiger partial charge in [0.05, 0.1) is 19.3 Å². The van der Waals surface area contributed by atoms with E-state index in [-0.39, 0.29) is 17.6 Å². The van der Waals surface area contributed by atoms with Gasteiger partial charge in [0.2, 0.25) is 0 Å². The summed E-state index contributed by atoms with van der Waals surface area (Å²) in [5, 5.41) is 0. The molecule has 0 amide bonds. The second-order valence-corrected chi connectivity index (χ2v) is 8.85. The normalized spacial score (nSPS) is 42.1. The molecule has 1 saturated carbocycles. The Bertz CT molecular complexity index is 659. The molecule has 2 aliphatic carbocycles. The third kappa shape index (κ3) is 2.31. The predicted molar refractivity (Wildman–Crippen MR) is 98.9 cm³/mol. The van der Waals surface area contributed by atoms with E-state index in [1.807, 2.05) is 0 Å². The molecule has 1 heterocycles. The summed E-state index contributed by atoms with van der Waals surface area (Å²) in [6.07, 6.45) is 3.78. The minimum absolute atomic E-state index is 0.175. The largest absolute Gasteiger partial charge is 0.497 e. The Hall–Kier alpha value is -1.06. The van der Waals surface area contributed by atoms with Gasteiger partial charge in [-0.15, -0.1) is 0 Å². The van der Waals surface area contributed by atoms with E-state index < -0.39 is 5.79 Å². The van der Waals surface area contributed by atoms with E-state index >= 15 is 0 Å². The molecule has 3 aliphatic rings. The lowest BCUT2D eigenvalue weighted by atomic mass is 9.51. The van der Waals surface area contributed by atoms with Crippen molar-refractivity contribution >= 4 is 0 Å². The first-order valence-electron chi connectivity index (χ1n) is 9.85. The molecule has 25 heavy (non-hydrogen) atoms. The van der Waals surface area contributed by atoms with Crippen LogP contribution in [0.2, 0.25) is 0 Å². The Morgan fingerprint density at radius 3 is 2.40 bits per heavy atom. The number of methoxy groups -OCH3 is 1. The highest BCUT2D eigenvalue weighted by Crippen LogP contribution is 2.60. The van der Waals surface area contributed by atoms with Crippen molar-refractivity contribution in [2.24, 2.45) is 17.8 Å². The zero-order valence-corrected chi connectivity index (χ0v) is 16.5. The lowest BCUT2D eigenvalue weighted by Gasteiger charge is -2.57. The highest BCUT2D eigenvalue weighted by atomic mass is 16.8. The minimum Gasteiger partial charge on any atom is -0.497 e. The van der Waals surface area contributed by atoms with E-state index in [1.165, 1.54) is 17.5 Å². The third-order valence-electron chi connectivity index (χ3n) is 7.53. The average molecular weight is 344 g/mol. The lowest BCUT2D eigenvalue weighted by Crippen LogP contribution is -2.59. The van der Waals surface area contributed by atoms with Gasteiger partial charge in [-0.2, -0.15) is 0 Å². The number of aryl methyl sites for hydroxylation is 1. The molecule has 1 saturated heterocycles. The molecule has 2 fully saturated rings. The van der Waals surface area contributed by atoms with Crippen molar-refractivity contribution < 1.29 is 14.2 Å². The van der Waals surface area contributed by atoms with Crippen LogP contribution in [0.4, 0.5) is 0 Å². The van der Waals surface area contributed by atoms with E-state index in [4.69, 9.17) is 14.2 Å². The van der Waals surface area contributed by atoms with E-state index in [0.29, 0.717) is 17.8 Å². The molecular weight excluding hydrogens is 312 g/mol. The monoisotopic (exact) mass is 344 g/mol. The van der Waals surface area contributed by atoms with Crippen LogP contribution >= 0.6 is 0 Å². The second kappa shape index (κ2) is 5.72. The minimum atomic E-state index is -0.410. The van der Waals surface area contributed by atoms with E-state index in [1.54, 1.807) is 7.11 Å². The summed E-state index contributed by atoms with van der Waals surface area (Å²) in [7, 11) is 1.75. The molecule has 3 heteroatoms. The van der Waals surface area contributed by atoms with Gasteiger partial charge < -0.3 is 14.2 Å². The molecule has 1 aromatic rings. The number of hydrogen-bond acceptors (Lipinski definition) is 3. The summed E-state index contributed by atoms with van der Waals surface area (Å²) >= 11 is 0. The predicted octanol–water partition coefficient (Wildman–Crippen LogP) is 4.71. The summed E-state index contributed by atoms with van der Waals surface area (Å²) in [5.41, 5.74) is 3.16. The molecule has 0 radical (unpaired) electrons. The van der Waals surface area contributed by atoms with Gasteiger partial charge in [-0.25, -0.2) is 0 Å². The average Bonchev–Trinajstić information content (AvgIpc) is 2.89. The van der Waals surface area contributed by atoms with Gasteiger partial charge in [0.1, 0.15) is 5.75 Å². The van der Waals surface area contributed by atoms with Crippen LogP contribution in [0, 0.1) is 17.8 Å². The van der Waals surface area contributed by atoms with E-state index in [0.717, 1.165) is 18.6 Å². The van der Waals surface area contributed by atoms with Crippen LogP contribution in [0.3, 0.4) is 0 Å². The Morgan fingerprint density at radius 1 is 1.08 bits per heavy atom. The zero-order valence-electron chi connectivity index (χ0n) is 16.5. The Kier molecular flexibility index (Phi) is 3.97. The smallest absolute Gasteiger partial charge is 0.174 e. The van der Waals surface area contributed by atoms with Gasteiger partial charge in [-0.1, -0.05) is 26.8 Å². The van der Waals surface area contributed by atoms with Gasteiger partial charge >= 0.3 is 0 Å². The molecule has 138 valence electrons. The van der Waals surface area contributed by atoms with Crippen LogP contribution in [0.25, 0.3) is 0 Å². The van der Waals surface area contributed by atoms with Gasteiger partial charge in [0.25, 0.3) is 0 Å². The van der Waals surface area contributed by atoms with Gasteiger partial charge in [0.15, 0.2) is 5.79 Å². The number of fused-ring (bicyclic) bond motifs is 3. The standard InChI is InChI=1S/C22H32O3/c1-13-12-21(5)19(14(2)22(13)24-15(3)16(4)25-22)9-7-17-11-18(23-6)8-10-20(17)21/h8,10-11,13-16,19H,7,9,12H2,1-6H3/t13?,14-,15+,16+,19-,21-/m0/s1. The van der Waals surface area contributed by atoms with Crippen molar-refractivity contribution in [3.05, 3.63) is 29.3 Å². The summed E-state index contributed by atoms with van der Waals surface area (Å²) in [5.74, 6) is 1.92. The molecule has 0 bridgehead atoms. The maximum atomic E-state index is 6.50. The highest BCUT2D eigenvalue weighted by Gasteiger charge is 2.62. The van der Waals surface area contributed by atoms with E-state index in [2.05, 4.69) is 52.8 Å². The molecule has 1 spiro atoms. The first-order chi connectivity index (χ1) is 11.8. The molecule has 6 atom stereocenters. The summed E-state index contributed by atoms with van der Waals surface area (Å²) in [6, 6.07) is 6.67. The number of hydrogen-bond donors (Lipinski definition) is 0. The van der Waals surface area contributed by atoms with Crippen LogP contribution < -0.4 is 4.74 Å². The Morgan fingerprint density at radius 2 is 1.76 bits per heavy atom. The van der Waals surface area contributed by atoms with Gasteiger partial charge in [-0.3, -0.25) is 0 Å². The molecule has 0 aromatic heterocycles. The van der Waals surface area contributed by atoms with Gasteiger partial charge in [0, 0.05) is 11.8 Å². The topological polar surface area (TPSA) is 27.7 Å². The Balaban J connectivity index is 1.74. The van der Waals surface area contributed by atoms with Crippen LogP contribution in [0.1, 0.15) is 58.6 Å². The highest BCUT2D eigenvalue weighted by molar-refractivity contribution is 5.43. The molecular formula is C22H32O3. The second-order valence-electron chi connectivity index (χ2n) is 8.85. The van der Waals surface area contributed by atoms with Crippen LogP contribution in [-0.4, -0.2) is 25.1 Å².